The molecule has 0 N–H and O–H groups in total. The second kappa shape index (κ2) is 11.5. The number of aromatic nitrogens is 3. The van der Waals surface area contributed by atoms with Gasteiger partial charge in [-0.2, -0.15) is 0 Å². The fraction of sp³-hybridized carbons (Fsp3) is 0.0652. The molecule has 3 heteroatoms. The maximum absolute atomic E-state index is 4.96. The van der Waals surface area contributed by atoms with Crippen LogP contribution in [-0.4, -0.2) is 15.0 Å². The molecule has 9 rings (SSSR count). The van der Waals surface area contributed by atoms with Crippen molar-refractivity contribution < 1.29 is 0 Å². The molecule has 232 valence electrons. The molecule has 49 heavy (non-hydrogen) atoms. The third-order valence-corrected chi connectivity index (χ3v) is 9.91. The van der Waals surface area contributed by atoms with Crippen LogP contribution >= 0.6 is 0 Å². The summed E-state index contributed by atoms with van der Waals surface area (Å²) in [7, 11) is 0. The molecule has 0 radical (unpaired) electrons. The van der Waals surface area contributed by atoms with Crippen molar-refractivity contribution in [2.45, 2.75) is 19.3 Å². The van der Waals surface area contributed by atoms with Crippen molar-refractivity contribution in [2.24, 2.45) is 0 Å². The maximum Gasteiger partial charge on any atom is 0.164 e. The summed E-state index contributed by atoms with van der Waals surface area (Å²) in [6.07, 6.45) is 0. The highest BCUT2D eigenvalue weighted by atomic mass is 15.0. The van der Waals surface area contributed by atoms with E-state index >= 15 is 0 Å². The van der Waals surface area contributed by atoms with Gasteiger partial charge >= 0.3 is 0 Å². The van der Waals surface area contributed by atoms with Gasteiger partial charge in [0, 0.05) is 22.1 Å². The normalized spacial score (nSPS) is 12.9. The molecule has 0 aliphatic heterocycles. The Morgan fingerprint density at radius 1 is 0.367 bits per heavy atom. The fourth-order valence-corrected chi connectivity index (χ4v) is 7.36. The van der Waals surface area contributed by atoms with Gasteiger partial charge in [0.05, 0.1) is 0 Å². The number of rotatable bonds is 5. The minimum Gasteiger partial charge on any atom is -0.208 e. The van der Waals surface area contributed by atoms with Gasteiger partial charge in [0.15, 0.2) is 17.5 Å². The first-order valence-electron chi connectivity index (χ1n) is 16.8. The van der Waals surface area contributed by atoms with Crippen LogP contribution in [0.15, 0.2) is 164 Å². The summed E-state index contributed by atoms with van der Waals surface area (Å²) >= 11 is 0. The van der Waals surface area contributed by atoms with Gasteiger partial charge in [-0.15, -0.1) is 0 Å². The number of nitrogens with zero attached hydrogens (tertiary/aromatic N) is 3. The van der Waals surface area contributed by atoms with Crippen LogP contribution in [0.2, 0.25) is 0 Å². The first-order chi connectivity index (χ1) is 24.0. The van der Waals surface area contributed by atoms with Crippen LogP contribution < -0.4 is 0 Å². The Hall–Kier alpha value is -6.19. The molecule has 7 aromatic carbocycles. The molecule has 0 amide bonds. The largest absolute Gasteiger partial charge is 0.208 e. The van der Waals surface area contributed by atoms with E-state index in [4.69, 9.17) is 15.0 Å². The van der Waals surface area contributed by atoms with Gasteiger partial charge in [-0.3, -0.25) is 0 Å². The number of hydrogen-bond acceptors (Lipinski definition) is 3. The summed E-state index contributed by atoms with van der Waals surface area (Å²) in [5, 5.41) is 2.60. The third-order valence-electron chi connectivity index (χ3n) is 9.91. The van der Waals surface area contributed by atoms with Crippen LogP contribution in [0.4, 0.5) is 0 Å². The van der Waals surface area contributed by atoms with Crippen LogP contribution in [0.3, 0.4) is 0 Å². The standard InChI is InChI=1S/C46H33N3/c1-46(2)40-25-24-36(29-39(40)42-38-22-10-9-13-30(38)23-26-41(42)46)34-19-11-18-33(27-34)35-20-12-21-37(28-35)45-48-43(31-14-5-3-6-15-31)47-44(49-45)32-16-7-4-8-17-32/h3-29H,1-2H3. The van der Waals surface area contributed by atoms with Crippen LogP contribution in [0.5, 0.6) is 0 Å². The van der Waals surface area contributed by atoms with Gasteiger partial charge in [0.2, 0.25) is 0 Å². The van der Waals surface area contributed by atoms with Crippen molar-refractivity contribution >= 4 is 10.8 Å². The zero-order chi connectivity index (χ0) is 33.0. The van der Waals surface area contributed by atoms with E-state index in [2.05, 4.69) is 117 Å². The van der Waals surface area contributed by atoms with E-state index in [0.29, 0.717) is 17.5 Å². The van der Waals surface area contributed by atoms with Crippen molar-refractivity contribution in [1.82, 2.24) is 15.0 Å². The van der Waals surface area contributed by atoms with Crippen LogP contribution in [0.25, 0.3) is 78.3 Å². The van der Waals surface area contributed by atoms with Crippen molar-refractivity contribution in [3.63, 3.8) is 0 Å². The highest BCUT2D eigenvalue weighted by Crippen LogP contribution is 2.52. The molecular weight excluding hydrogens is 595 g/mol. The molecule has 0 atom stereocenters. The lowest BCUT2D eigenvalue weighted by Gasteiger charge is -2.21. The van der Waals surface area contributed by atoms with Crippen molar-refractivity contribution in [3.8, 4) is 67.5 Å². The summed E-state index contributed by atoms with van der Waals surface area (Å²) in [5.74, 6) is 1.97. The van der Waals surface area contributed by atoms with E-state index in [1.807, 2.05) is 60.7 Å². The number of hydrogen-bond donors (Lipinski definition) is 0. The molecule has 8 aromatic rings. The molecule has 0 unspecified atom stereocenters. The summed E-state index contributed by atoms with van der Waals surface area (Å²) < 4.78 is 0. The first kappa shape index (κ1) is 29.0. The molecule has 1 aliphatic rings. The van der Waals surface area contributed by atoms with E-state index in [-0.39, 0.29) is 5.41 Å². The monoisotopic (exact) mass is 627 g/mol. The fourth-order valence-electron chi connectivity index (χ4n) is 7.36. The Bertz CT molecular complexity index is 2460. The van der Waals surface area contributed by atoms with Crippen molar-refractivity contribution in [3.05, 3.63) is 175 Å². The number of fused-ring (bicyclic) bond motifs is 5. The molecule has 0 fully saturated rings. The Morgan fingerprint density at radius 2 is 0.837 bits per heavy atom. The first-order valence-corrected chi connectivity index (χ1v) is 16.8. The average molecular weight is 628 g/mol. The molecule has 0 saturated heterocycles. The van der Waals surface area contributed by atoms with Crippen LogP contribution in [-0.2, 0) is 5.41 Å². The summed E-state index contributed by atoms with van der Waals surface area (Å²) in [6, 6.07) is 57.9. The van der Waals surface area contributed by atoms with Crippen molar-refractivity contribution in [1.29, 1.82) is 0 Å². The predicted octanol–water partition coefficient (Wildman–Crippen LogP) is 11.7. The molecule has 1 aromatic heterocycles. The van der Waals surface area contributed by atoms with E-state index < -0.39 is 0 Å². The Balaban J connectivity index is 1.12. The van der Waals surface area contributed by atoms with Crippen molar-refractivity contribution in [2.75, 3.05) is 0 Å². The molecule has 0 saturated carbocycles. The van der Waals surface area contributed by atoms with Gasteiger partial charge in [-0.25, -0.2) is 15.0 Å². The van der Waals surface area contributed by atoms with Crippen LogP contribution in [0, 0.1) is 0 Å². The summed E-state index contributed by atoms with van der Waals surface area (Å²) in [6.45, 7) is 4.69. The molecule has 1 aliphatic carbocycles. The zero-order valence-electron chi connectivity index (χ0n) is 27.4. The smallest absolute Gasteiger partial charge is 0.164 e. The highest BCUT2D eigenvalue weighted by molar-refractivity contribution is 6.03. The van der Waals surface area contributed by atoms with Crippen LogP contribution in [0.1, 0.15) is 25.0 Å². The molecule has 1 heterocycles. The molecule has 0 bridgehead atoms. The number of benzene rings is 7. The summed E-state index contributed by atoms with van der Waals surface area (Å²) in [4.78, 5) is 14.8. The maximum atomic E-state index is 4.96. The Kier molecular flexibility index (Phi) is 6.80. The SMILES string of the molecule is CC1(C)c2ccc(-c3cccc(-c4cccc(-c5nc(-c6ccccc6)nc(-c6ccccc6)n5)c4)c3)cc2-c2c1ccc1ccccc21. The quantitative estimate of drug-likeness (QED) is 0.191. The van der Waals surface area contributed by atoms with Gasteiger partial charge in [-0.1, -0.05) is 159 Å². The second-order valence-electron chi connectivity index (χ2n) is 13.3. The highest BCUT2D eigenvalue weighted by Gasteiger charge is 2.36. The van der Waals surface area contributed by atoms with E-state index in [0.717, 1.165) is 27.8 Å². The molecule has 3 nitrogen and oxygen atoms in total. The summed E-state index contributed by atoms with van der Waals surface area (Å²) in [5.41, 5.74) is 13.0. The molecule has 0 spiro atoms. The van der Waals surface area contributed by atoms with E-state index in [1.54, 1.807) is 0 Å². The minimum atomic E-state index is -0.0503. The van der Waals surface area contributed by atoms with Gasteiger partial charge in [0.1, 0.15) is 0 Å². The Labute approximate surface area is 286 Å². The topological polar surface area (TPSA) is 38.7 Å². The van der Waals surface area contributed by atoms with E-state index in [9.17, 15) is 0 Å². The molecular formula is C46H33N3. The Morgan fingerprint density at radius 3 is 1.47 bits per heavy atom. The average Bonchev–Trinajstić information content (AvgIpc) is 3.41. The minimum absolute atomic E-state index is 0.0503. The van der Waals surface area contributed by atoms with E-state index in [1.165, 1.54) is 44.2 Å². The zero-order valence-corrected chi connectivity index (χ0v) is 27.4. The third kappa shape index (κ3) is 5.03. The lowest BCUT2D eigenvalue weighted by molar-refractivity contribution is 0.661. The predicted molar refractivity (Wildman–Crippen MR) is 202 cm³/mol. The van der Waals surface area contributed by atoms with Gasteiger partial charge in [-0.05, 0) is 73.5 Å². The lowest BCUT2D eigenvalue weighted by Crippen LogP contribution is -2.14. The van der Waals surface area contributed by atoms with Gasteiger partial charge in [0.25, 0.3) is 0 Å². The van der Waals surface area contributed by atoms with Gasteiger partial charge < -0.3 is 0 Å². The lowest BCUT2D eigenvalue weighted by atomic mass is 9.82. The second-order valence-corrected chi connectivity index (χ2v) is 13.3.